The maximum absolute atomic E-state index is 12.8. The predicted octanol–water partition coefficient (Wildman–Crippen LogP) is 0.850. The first-order valence-corrected chi connectivity index (χ1v) is 9.39. The highest BCUT2D eigenvalue weighted by Crippen LogP contribution is 2.28. The summed E-state index contributed by atoms with van der Waals surface area (Å²) < 4.78 is 0. The van der Waals surface area contributed by atoms with Crippen molar-refractivity contribution >= 4 is 23.2 Å². The maximum Gasteiger partial charge on any atom is 0.267 e. The summed E-state index contributed by atoms with van der Waals surface area (Å²) in [5, 5.41) is 9.16. The van der Waals surface area contributed by atoms with Gasteiger partial charge in [0.05, 0.1) is 5.69 Å². The van der Waals surface area contributed by atoms with Crippen molar-refractivity contribution in [1.29, 1.82) is 0 Å². The lowest BCUT2D eigenvalue weighted by molar-refractivity contribution is -0.119. The molecule has 3 aliphatic rings. The molecular weight excluding hydrogens is 330 g/mol. The number of carbonyl (C=O) groups excluding carboxylic acids is 2. The minimum absolute atomic E-state index is 0.170. The largest absolute Gasteiger partial charge is 0.368 e. The van der Waals surface area contributed by atoms with Gasteiger partial charge in [0.1, 0.15) is 11.8 Å². The lowest BCUT2D eigenvalue weighted by atomic mass is 9.98. The van der Waals surface area contributed by atoms with Crippen molar-refractivity contribution in [2.45, 2.75) is 50.2 Å². The van der Waals surface area contributed by atoms with Crippen LogP contribution in [0.1, 0.15) is 32.1 Å². The van der Waals surface area contributed by atoms with E-state index in [1.165, 1.54) is 12.8 Å². The molecule has 7 heteroatoms. The Balaban J connectivity index is 1.48. The quantitative estimate of drug-likeness (QED) is 0.838. The van der Waals surface area contributed by atoms with Crippen molar-refractivity contribution in [3.63, 3.8) is 0 Å². The summed E-state index contributed by atoms with van der Waals surface area (Å²) in [6.07, 6.45) is 4.83. The Morgan fingerprint density at radius 3 is 2.69 bits per heavy atom. The van der Waals surface area contributed by atoms with Crippen LogP contribution < -0.4 is 16.1 Å². The highest BCUT2D eigenvalue weighted by atomic mass is 16.2. The summed E-state index contributed by atoms with van der Waals surface area (Å²) in [7, 11) is 0. The van der Waals surface area contributed by atoms with E-state index in [1.54, 1.807) is 5.01 Å². The number of nitrogens with zero attached hydrogens (tertiary/aromatic N) is 3. The van der Waals surface area contributed by atoms with Gasteiger partial charge in [0.25, 0.3) is 5.91 Å². The molecule has 0 bridgehead atoms. The van der Waals surface area contributed by atoms with E-state index in [0.717, 1.165) is 31.6 Å². The second-order valence-corrected chi connectivity index (χ2v) is 7.32. The van der Waals surface area contributed by atoms with Crippen LogP contribution in [-0.2, 0) is 9.59 Å². The van der Waals surface area contributed by atoms with E-state index in [-0.39, 0.29) is 18.4 Å². The Kier molecular flexibility index (Phi) is 4.63. The van der Waals surface area contributed by atoms with E-state index in [9.17, 15) is 9.59 Å². The number of piperidine rings is 1. The molecule has 1 aromatic rings. The van der Waals surface area contributed by atoms with Gasteiger partial charge in [-0.15, -0.1) is 0 Å². The lowest BCUT2D eigenvalue weighted by Gasteiger charge is -2.32. The van der Waals surface area contributed by atoms with Crippen molar-refractivity contribution in [3.8, 4) is 0 Å². The van der Waals surface area contributed by atoms with Gasteiger partial charge in [-0.3, -0.25) is 19.5 Å². The number of carbonyl (C=O) groups is 2. The van der Waals surface area contributed by atoms with Gasteiger partial charge in [0.15, 0.2) is 0 Å². The molecule has 0 unspecified atom stereocenters. The molecule has 0 aliphatic carbocycles. The van der Waals surface area contributed by atoms with Crippen LogP contribution in [0.2, 0.25) is 0 Å². The molecule has 3 heterocycles. The first kappa shape index (κ1) is 17.0. The summed E-state index contributed by atoms with van der Waals surface area (Å²) in [6, 6.07) is 9.34. The van der Waals surface area contributed by atoms with Gasteiger partial charge in [-0.05, 0) is 37.9 Å². The molecule has 2 amide bonds. The van der Waals surface area contributed by atoms with Crippen LogP contribution in [0, 0.1) is 0 Å². The fourth-order valence-corrected chi connectivity index (χ4v) is 4.36. The van der Waals surface area contributed by atoms with Crippen LogP contribution in [0.4, 0.5) is 5.69 Å². The zero-order valence-electron chi connectivity index (χ0n) is 14.8. The maximum atomic E-state index is 12.8. The molecule has 26 heavy (non-hydrogen) atoms. The Bertz CT molecular complexity index is 720. The molecular formula is C19H25N5O2. The molecule has 0 saturated carbocycles. The fourth-order valence-electron chi connectivity index (χ4n) is 4.36. The van der Waals surface area contributed by atoms with Crippen LogP contribution in [-0.4, -0.2) is 53.6 Å². The minimum Gasteiger partial charge on any atom is -0.368 e. The molecule has 3 N–H and O–H groups in total. The normalized spacial score (nSPS) is 28.5. The Labute approximate surface area is 153 Å². The van der Waals surface area contributed by atoms with Gasteiger partial charge in [-0.25, -0.2) is 0 Å². The monoisotopic (exact) mass is 355 g/mol. The molecule has 0 aromatic heterocycles. The van der Waals surface area contributed by atoms with E-state index in [2.05, 4.69) is 15.3 Å². The van der Waals surface area contributed by atoms with Crippen molar-refractivity contribution in [1.82, 2.24) is 10.2 Å². The van der Waals surface area contributed by atoms with E-state index in [1.807, 2.05) is 30.3 Å². The number of para-hydroxylation sites is 1. The van der Waals surface area contributed by atoms with Gasteiger partial charge in [0.2, 0.25) is 5.91 Å². The van der Waals surface area contributed by atoms with Crippen molar-refractivity contribution in [3.05, 3.63) is 30.3 Å². The van der Waals surface area contributed by atoms with E-state index < -0.39 is 11.9 Å². The molecule has 1 aromatic carbocycles. The molecule has 2 fully saturated rings. The molecule has 4 rings (SSSR count). The van der Waals surface area contributed by atoms with Crippen molar-refractivity contribution in [2.75, 3.05) is 18.1 Å². The van der Waals surface area contributed by atoms with Crippen LogP contribution in [0.15, 0.2) is 35.4 Å². The summed E-state index contributed by atoms with van der Waals surface area (Å²) in [5.74, 6) is -0.646. The third-order valence-corrected chi connectivity index (χ3v) is 5.69. The third kappa shape index (κ3) is 3.19. The number of fused-ring (bicyclic) bond motifs is 1. The van der Waals surface area contributed by atoms with E-state index in [0.29, 0.717) is 11.8 Å². The standard InChI is InChI=1S/C19H25N5O2/c20-18(25)17-12-15(22-24(17)13-6-2-1-3-7-13)19(26)21-14-9-11-23-10-5-4-8-16(14)23/h1-3,6-7,14,16-17H,4-5,8-12H2,(H2,20,25)(H,21,26)/t14-,16+,17+/m1/s1. The van der Waals surface area contributed by atoms with Crippen LogP contribution >= 0.6 is 0 Å². The first-order valence-electron chi connectivity index (χ1n) is 9.39. The number of anilines is 1. The van der Waals surface area contributed by atoms with Gasteiger partial charge in [0, 0.05) is 25.0 Å². The second kappa shape index (κ2) is 7.07. The zero-order valence-corrected chi connectivity index (χ0v) is 14.8. The number of nitrogens with one attached hydrogen (secondary N) is 1. The number of hydrogen-bond acceptors (Lipinski definition) is 5. The van der Waals surface area contributed by atoms with Gasteiger partial charge in [-0.2, -0.15) is 5.10 Å². The number of benzene rings is 1. The summed E-state index contributed by atoms with van der Waals surface area (Å²) >= 11 is 0. The predicted molar refractivity (Wildman–Crippen MR) is 99.7 cm³/mol. The Hall–Kier alpha value is -2.41. The summed E-state index contributed by atoms with van der Waals surface area (Å²) in [4.78, 5) is 27.1. The zero-order chi connectivity index (χ0) is 18.1. The number of hydrogen-bond donors (Lipinski definition) is 2. The van der Waals surface area contributed by atoms with Crippen LogP contribution in [0.25, 0.3) is 0 Å². The van der Waals surface area contributed by atoms with E-state index in [4.69, 9.17) is 5.73 Å². The number of primary amides is 1. The van der Waals surface area contributed by atoms with Gasteiger partial charge >= 0.3 is 0 Å². The Morgan fingerprint density at radius 2 is 1.92 bits per heavy atom. The highest BCUT2D eigenvalue weighted by molar-refractivity contribution is 6.40. The molecule has 7 nitrogen and oxygen atoms in total. The average Bonchev–Trinajstić information content (AvgIpc) is 3.28. The highest BCUT2D eigenvalue weighted by Gasteiger charge is 2.39. The molecule has 138 valence electrons. The average molecular weight is 355 g/mol. The van der Waals surface area contributed by atoms with E-state index >= 15 is 0 Å². The second-order valence-electron chi connectivity index (χ2n) is 7.32. The minimum atomic E-state index is -0.618. The number of amides is 2. The summed E-state index contributed by atoms with van der Waals surface area (Å²) in [6.45, 7) is 2.17. The smallest absolute Gasteiger partial charge is 0.267 e. The number of hydrazone groups is 1. The summed E-state index contributed by atoms with van der Waals surface area (Å²) in [5.41, 5.74) is 6.69. The Morgan fingerprint density at radius 1 is 1.12 bits per heavy atom. The molecule has 3 aliphatic heterocycles. The SMILES string of the molecule is NC(=O)[C@@H]1CC(C(=O)N[C@@H]2CCN3CCCC[C@@H]23)=NN1c1ccccc1. The number of rotatable bonds is 4. The fraction of sp³-hybridized carbons (Fsp3) is 0.526. The topological polar surface area (TPSA) is 91.0 Å². The van der Waals surface area contributed by atoms with Crippen LogP contribution in [0.3, 0.4) is 0 Å². The lowest BCUT2D eigenvalue weighted by Crippen LogP contribution is -2.48. The molecule has 3 atom stereocenters. The molecule has 2 saturated heterocycles. The van der Waals surface area contributed by atoms with Gasteiger partial charge in [-0.1, -0.05) is 24.6 Å². The first-order chi connectivity index (χ1) is 12.6. The third-order valence-electron chi connectivity index (χ3n) is 5.69. The number of nitrogens with two attached hydrogens (primary N) is 1. The molecule has 0 spiro atoms. The van der Waals surface area contributed by atoms with Crippen molar-refractivity contribution < 1.29 is 9.59 Å². The van der Waals surface area contributed by atoms with Crippen molar-refractivity contribution in [2.24, 2.45) is 10.8 Å². The van der Waals surface area contributed by atoms with Crippen LogP contribution in [0.5, 0.6) is 0 Å². The molecule has 0 radical (unpaired) electrons. The van der Waals surface area contributed by atoms with Gasteiger partial charge < -0.3 is 11.1 Å².